The average Bonchev–Trinajstić information content (AvgIpc) is 3.21. The summed E-state index contributed by atoms with van der Waals surface area (Å²) < 4.78 is 51.2. The van der Waals surface area contributed by atoms with Gasteiger partial charge in [-0.05, 0) is 38.5 Å². The first-order chi connectivity index (χ1) is 16.5. The second kappa shape index (κ2) is 10.9. The zero-order chi connectivity index (χ0) is 25.9. The number of rotatable bonds is 7. The molecule has 1 saturated heterocycles. The van der Waals surface area contributed by atoms with Crippen molar-refractivity contribution in [3.63, 3.8) is 0 Å². The van der Waals surface area contributed by atoms with E-state index in [4.69, 9.17) is 21.1 Å². The number of carbonyl (C=O) groups is 1. The Hall–Kier alpha value is -2.79. The summed E-state index contributed by atoms with van der Waals surface area (Å²) in [5.41, 5.74) is -0.370. The average molecular weight is 517 g/mol. The van der Waals surface area contributed by atoms with Crippen molar-refractivity contribution in [2.45, 2.75) is 52.1 Å². The number of likely N-dealkylation sites (tertiary alicyclic amines) is 1. The molecule has 0 spiro atoms. The van der Waals surface area contributed by atoms with Gasteiger partial charge < -0.3 is 19.7 Å². The highest BCUT2D eigenvalue weighted by Gasteiger charge is 2.37. The van der Waals surface area contributed by atoms with Gasteiger partial charge in [-0.25, -0.2) is 9.78 Å². The minimum absolute atomic E-state index is 0.155. The summed E-state index contributed by atoms with van der Waals surface area (Å²) >= 11 is 6.20. The van der Waals surface area contributed by atoms with Crippen molar-refractivity contribution >= 4 is 23.4 Å². The lowest BCUT2D eigenvalue weighted by Crippen LogP contribution is -2.38. The monoisotopic (exact) mass is 516 g/mol. The molecule has 192 valence electrons. The Morgan fingerprint density at radius 1 is 1.26 bits per heavy atom. The van der Waals surface area contributed by atoms with Gasteiger partial charge in [0.05, 0.1) is 42.1 Å². The van der Waals surface area contributed by atoms with Gasteiger partial charge in [0.15, 0.2) is 0 Å². The second-order valence-electron chi connectivity index (χ2n) is 7.97. The summed E-state index contributed by atoms with van der Waals surface area (Å²) in [5, 5.41) is 3.06. The maximum atomic E-state index is 13.5. The number of methoxy groups -OCH3 is 1. The van der Waals surface area contributed by atoms with Gasteiger partial charge in [0.1, 0.15) is 11.5 Å². The molecule has 8 nitrogen and oxygen atoms in total. The van der Waals surface area contributed by atoms with Crippen molar-refractivity contribution in [2.75, 3.05) is 32.1 Å². The van der Waals surface area contributed by atoms with E-state index in [9.17, 15) is 22.8 Å². The highest BCUT2D eigenvalue weighted by Crippen LogP contribution is 2.35. The Kier molecular flexibility index (Phi) is 8.32. The van der Waals surface area contributed by atoms with E-state index in [0.717, 1.165) is 12.1 Å². The van der Waals surface area contributed by atoms with Crippen molar-refractivity contribution in [1.82, 2.24) is 14.5 Å². The van der Waals surface area contributed by atoms with Crippen molar-refractivity contribution in [3.8, 4) is 11.4 Å². The van der Waals surface area contributed by atoms with E-state index in [0.29, 0.717) is 25.3 Å². The molecule has 1 aromatic carbocycles. The molecule has 1 aromatic heterocycles. The SMILES string of the molecule is CCO[C@H]1CN(C(=O)OC)CC1Nc1c(CC)nc(-c2ccc(C(F)(F)F)cc2Cl)n(CC)c1=O. The summed E-state index contributed by atoms with van der Waals surface area (Å²) in [4.78, 5) is 31.7. The number of anilines is 1. The lowest BCUT2D eigenvalue weighted by molar-refractivity contribution is -0.137. The van der Waals surface area contributed by atoms with Crippen molar-refractivity contribution < 1.29 is 27.4 Å². The molecule has 1 amide bonds. The number of benzene rings is 1. The second-order valence-corrected chi connectivity index (χ2v) is 8.38. The molecule has 1 aliphatic heterocycles. The van der Waals surface area contributed by atoms with Gasteiger partial charge in [-0.1, -0.05) is 18.5 Å². The molecule has 0 aliphatic carbocycles. The van der Waals surface area contributed by atoms with Crippen LogP contribution in [0.1, 0.15) is 32.0 Å². The molecule has 3 rings (SSSR count). The Morgan fingerprint density at radius 3 is 2.51 bits per heavy atom. The number of aryl methyl sites for hydroxylation is 1. The number of halogens is 4. The summed E-state index contributed by atoms with van der Waals surface area (Å²) in [6.07, 6.45) is -5.03. The zero-order valence-electron chi connectivity index (χ0n) is 19.9. The predicted molar refractivity (Wildman–Crippen MR) is 126 cm³/mol. The van der Waals surface area contributed by atoms with Crippen LogP contribution in [-0.2, 0) is 28.6 Å². The predicted octanol–water partition coefficient (Wildman–Crippen LogP) is 4.43. The Morgan fingerprint density at radius 2 is 1.97 bits per heavy atom. The highest BCUT2D eigenvalue weighted by atomic mass is 35.5. The van der Waals surface area contributed by atoms with Crippen molar-refractivity contribution in [1.29, 1.82) is 0 Å². The summed E-state index contributed by atoms with van der Waals surface area (Å²) in [6, 6.07) is 2.58. The van der Waals surface area contributed by atoms with Gasteiger partial charge >= 0.3 is 12.3 Å². The molecule has 12 heteroatoms. The van der Waals surface area contributed by atoms with E-state index in [-0.39, 0.29) is 47.3 Å². The molecule has 2 heterocycles. The third-order valence-corrected chi connectivity index (χ3v) is 6.15. The van der Waals surface area contributed by atoms with Crippen molar-refractivity contribution in [2.24, 2.45) is 0 Å². The van der Waals surface area contributed by atoms with E-state index in [1.807, 2.05) is 13.8 Å². The van der Waals surface area contributed by atoms with Crippen LogP contribution in [-0.4, -0.2) is 59.5 Å². The van der Waals surface area contributed by atoms with Gasteiger partial charge in [-0.3, -0.25) is 9.36 Å². The number of hydrogen-bond acceptors (Lipinski definition) is 6. The number of carbonyl (C=O) groups excluding carboxylic acids is 1. The first-order valence-electron chi connectivity index (χ1n) is 11.3. The molecule has 2 atom stereocenters. The highest BCUT2D eigenvalue weighted by molar-refractivity contribution is 6.33. The normalized spacial score (nSPS) is 18.1. The smallest absolute Gasteiger partial charge is 0.416 e. The standard InChI is InChI=1S/C23H28ClF3N4O4/c1-5-16-19(28-17-11-30(22(33)34-4)12-18(17)35-7-3)21(32)31(6-2)20(29-16)14-9-8-13(10-15(14)24)23(25,26)27/h8-10,17-18,28H,5-7,11-12H2,1-4H3/t17?,18-/m0/s1. The molecule has 1 N–H and O–H groups in total. The largest absolute Gasteiger partial charge is 0.453 e. The molecule has 0 saturated carbocycles. The van der Waals surface area contributed by atoms with Gasteiger partial charge in [-0.2, -0.15) is 13.2 Å². The van der Waals surface area contributed by atoms with Gasteiger partial charge in [-0.15, -0.1) is 0 Å². The van der Waals surface area contributed by atoms with E-state index in [2.05, 4.69) is 10.3 Å². The van der Waals surface area contributed by atoms with Crippen LogP contribution in [0.25, 0.3) is 11.4 Å². The quantitative estimate of drug-likeness (QED) is 0.586. The zero-order valence-corrected chi connectivity index (χ0v) is 20.7. The molecule has 1 fully saturated rings. The fourth-order valence-corrected chi connectivity index (χ4v) is 4.40. The fourth-order valence-electron chi connectivity index (χ4n) is 4.13. The number of hydrogen-bond donors (Lipinski definition) is 1. The number of amides is 1. The first kappa shape index (κ1) is 26.8. The fraction of sp³-hybridized carbons (Fsp3) is 0.522. The maximum Gasteiger partial charge on any atom is 0.416 e. The van der Waals surface area contributed by atoms with Crippen LogP contribution in [0.4, 0.5) is 23.7 Å². The minimum Gasteiger partial charge on any atom is -0.453 e. The molecule has 0 radical (unpaired) electrons. The molecular weight excluding hydrogens is 489 g/mol. The van der Waals surface area contributed by atoms with Crippen LogP contribution in [0.15, 0.2) is 23.0 Å². The van der Waals surface area contributed by atoms with Gasteiger partial charge in [0.2, 0.25) is 0 Å². The lowest BCUT2D eigenvalue weighted by Gasteiger charge is -2.23. The number of nitrogens with one attached hydrogen (secondary N) is 1. The van der Waals surface area contributed by atoms with Crippen LogP contribution >= 0.6 is 11.6 Å². The molecule has 1 aliphatic rings. The van der Waals surface area contributed by atoms with E-state index >= 15 is 0 Å². The van der Waals surface area contributed by atoms with Crippen LogP contribution in [0.5, 0.6) is 0 Å². The van der Waals surface area contributed by atoms with E-state index in [1.54, 1.807) is 6.92 Å². The minimum atomic E-state index is -4.54. The topological polar surface area (TPSA) is 85.7 Å². The van der Waals surface area contributed by atoms with Crippen LogP contribution in [0.2, 0.25) is 5.02 Å². The van der Waals surface area contributed by atoms with Crippen LogP contribution in [0, 0.1) is 0 Å². The number of ether oxygens (including phenoxy) is 2. The van der Waals surface area contributed by atoms with Crippen LogP contribution < -0.4 is 10.9 Å². The lowest BCUT2D eigenvalue weighted by atomic mass is 10.1. The van der Waals surface area contributed by atoms with E-state index < -0.39 is 23.4 Å². The third-order valence-electron chi connectivity index (χ3n) is 5.84. The van der Waals surface area contributed by atoms with Crippen molar-refractivity contribution in [3.05, 3.63) is 44.8 Å². The summed E-state index contributed by atoms with van der Waals surface area (Å²) in [6.45, 7) is 6.58. The van der Waals surface area contributed by atoms with Gasteiger partial charge in [0.25, 0.3) is 5.56 Å². The molecule has 1 unspecified atom stereocenters. The van der Waals surface area contributed by atoms with Crippen LogP contribution in [0.3, 0.4) is 0 Å². The summed E-state index contributed by atoms with van der Waals surface area (Å²) in [5.74, 6) is 0.183. The number of nitrogens with zero attached hydrogens (tertiary/aromatic N) is 3. The van der Waals surface area contributed by atoms with E-state index in [1.165, 1.54) is 22.6 Å². The number of alkyl halides is 3. The molecule has 0 bridgehead atoms. The Labute approximate surface area is 206 Å². The summed E-state index contributed by atoms with van der Waals surface area (Å²) in [7, 11) is 1.29. The third kappa shape index (κ3) is 5.56. The first-order valence-corrected chi connectivity index (χ1v) is 11.6. The number of aromatic nitrogens is 2. The Bertz CT molecular complexity index is 1140. The maximum absolute atomic E-state index is 13.5. The Balaban J connectivity index is 2.04. The molecular formula is C23H28ClF3N4O4. The molecule has 35 heavy (non-hydrogen) atoms. The van der Waals surface area contributed by atoms with Gasteiger partial charge in [0, 0.05) is 25.3 Å². The molecule has 2 aromatic rings.